The predicted molar refractivity (Wildman–Crippen MR) is 92.7 cm³/mol. The van der Waals surface area contributed by atoms with Gasteiger partial charge in [0.25, 0.3) is 0 Å². The van der Waals surface area contributed by atoms with Crippen LogP contribution in [-0.4, -0.2) is 60.1 Å². The van der Waals surface area contributed by atoms with E-state index in [1.54, 1.807) is 0 Å². The maximum atomic E-state index is 12.8. The molecule has 1 aromatic heterocycles. The van der Waals surface area contributed by atoms with E-state index in [9.17, 15) is 4.79 Å². The first kappa shape index (κ1) is 14.6. The summed E-state index contributed by atoms with van der Waals surface area (Å²) in [4.78, 5) is 23.9. The minimum Gasteiger partial charge on any atom is -0.356 e. The van der Waals surface area contributed by atoms with Crippen LogP contribution in [0.15, 0.2) is 24.4 Å². The van der Waals surface area contributed by atoms with Crippen LogP contribution in [0.25, 0.3) is 0 Å². The number of likely N-dealkylation sites (tertiary alicyclic amines) is 2. The molecule has 0 bridgehead atoms. The molecule has 1 aromatic rings. The van der Waals surface area contributed by atoms with Gasteiger partial charge < -0.3 is 14.7 Å². The molecule has 1 aliphatic carbocycles. The number of amides is 2. The molecule has 0 radical (unpaired) electrons. The minimum absolute atomic E-state index is 0.289. The average Bonchev–Trinajstić information content (AvgIpc) is 3.09. The molecule has 4 aliphatic rings. The lowest BCUT2D eigenvalue weighted by molar-refractivity contribution is 0.159. The first-order valence-electron chi connectivity index (χ1n) is 9.24. The Kier molecular flexibility index (Phi) is 2.95. The van der Waals surface area contributed by atoms with Crippen LogP contribution in [0, 0.1) is 29.1 Å². The summed E-state index contributed by atoms with van der Waals surface area (Å²) in [5, 5.41) is 0. The fourth-order valence-corrected chi connectivity index (χ4v) is 5.37. The zero-order chi connectivity index (χ0) is 16.5. The van der Waals surface area contributed by atoms with E-state index < -0.39 is 0 Å². The molecule has 5 rings (SSSR count). The topological polar surface area (TPSA) is 39.7 Å². The molecular formula is C19H26N4O. The number of urea groups is 1. The monoisotopic (exact) mass is 326 g/mol. The molecule has 128 valence electrons. The second-order valence-electron chi connectivity index (χ2n) is 8.74. The Morgan fingerprint density at radius 1 is 1.00 bits per heavy atom. The van der Waals surface area contributed by atoms with Crippen molar-refractivity contribution in [2.24, 2.45) is 29.1 Å². The van der Waals surface area contributed by atoms with Gasteiger partial charge in [0.05, 0.1) is 0 Å². The highest BCUT2D eigenvalue weighted by atomic mass is 16.2. The van der Waals surface area contributed by atoms with Crippen molar-refractivity contribution in [2.75, 3.05) is 44.2 Å². The van der Waals surface area contributed by atoms with E-state index in [1.165, 1.54) is 0 Å². The third-order valence-electron chi connectivity index (χ3n) is 7.12. The highest BCUT2D eigenvalue weighted by molar-refractivity contribution is 5.75. The summed E-state index contributed by atoms with van der Waals surface area (Å²) < 4.78 is 0. The molecule has 1 saturated carbocycles. The molecule has 0 unspecified atom stereocenters. The van der Waals surface area contributed by atoms with Crippen molar-refractivity contribution in [3.8, 4) is 0 Å². The van der Waals surface area contributed by atoms with Crippen molar-refractivity contribution in [2.45, 2.75) is 13.8 Å². The first-order chi connectivity index (χ1) is 11.5. The van der Waals surface area contributed by atoms with Crippen LogP contribution < -0.4 is 4.90 Å². The van der Waals surface area contributed by atoms with Crippen LogP contribution in [0.3, 0.4) is 0 Å². The summed E-state index contributed by atoms with van der Waals surface area (Å²) in [5.74, 6) is 3.76. The number of rotatable bonds is 1. The van der Waals surface area contributed by atoms with Crippen molar-refractivity contribution in [3.63, 3.8) is 0 Å². The summed E-state index contributed by atoms with van der Waals surface area (Å²) in [6.45, 7) is 10.5. The van der Waals surface area contributed by atoms with Crippen molar-refractivity contribution >= 4 is 11.8 Å². The van der Waals surface area contributed by atoms with Crippen molar-refractivity contribution in [1.29, 1.82) is 0 Å². The van der Waals surface area contributed by atoms with Crippen LogP contribution in [-0.2, 0) is 0 Å². The summed E-state index contributed by atoms with van der Waals surface area (Å²) in [5.41, 5.74) is 0.474. The van der Waals surface area contributed by atoms with Crippen molar-refractivity contribution in [1.82, 2.24) is 14.8 Å². The largest absolute Gasteiger partial charge is 0.356 e. The quantitative estimate of drug-likeness (QED) is 0.794. The van der Waals surface area contributed by atoms with E-state index in [2.05, 4.69) is 39.6 Å². The molecule has 0 N–H and O–H groups in total. The Bertz CT molecular complexity index is 633. The number of carbonyl (C=O) groups is 1. The number of anilines is 1. The van der Waals surface area contributed by atoms with Gasteiger partial charge >= 0.3 is 6.03 Å². The molecular weight excluding hydrogens is 300 g/mol. The van der Waals surface area contributed by atoms with Gasteiger partial charge in [-0.1, -0.05) is 19.9 Å². The Labute approximate surface area is 143 Å². The van der Waals surface area contributed by atoms with Crippen LogP contribution in [0.4, 0.5) is 10.6 Å². The molecule has 24 heavy (non-hydrogen) atoms. The lowest BCUT2D eigenvalue weighted by Gasteiger charge is -2.29. The lowest BCUT2D eigenvalue weighted by atomic mass is 10.0. The summed E-state index contributed by atoms with van der Waals surface area (Å²) in [6, 6.07) is 6.38. The Morgan fingerprint density at radius 2 is 1.62 bits per heavy atom. The third-order valence-corrected chi connectivity index (χ3v) is 7.12. The number of nitrogens with zero attached hydrogens (tertiary/aromatic N) is 4. The van der Waals surface area contributed by atoms with E-state index >= 15 is 0 Å². The van der Waals surface area contributed by atoms with Crippen molar-refractivity contribution in [3.05, 3.63) is 24.4 Å². The SMILES string of the molecule is CC1(C)[C@@H]2CN(C(=O)N3C[C@@H]4CN(c5ccccn5)C[C@@H]4C3)C[C@@H]21. The molecule has 0 spiro atoms. The van der Waals surface area contributed by atoms with Gasteiger partial charge in [0.2, 0.25) is 0 Å². The average molecular weight is 326 g/mol. The van der Waals surface area contributed by atoms with E-state index in [0.29, 0.717) is 17.3 Å². The second kappa shape index (κ2) is 4.87. The molecule has 4 heterocycles. The van der Waals surface area contributed by atoms with Gasteiger partial charge in [-0.25, -0.2) is 9.78 Å². The maximum absolute atomic E-state index is 12.8. The number of hydrogen-bond donors (Lipinski definition) is 0. The molecule has 3 saturated heterocycles. The maximum Gasteiger partial charge on any atom is 0.320 e. The highest BCUT2D eigenvalue weighted by Gasteiger charge is 2.63. The number of hydrogen-bond acceptors (Lipinski definition) is 3. The number of piperidine rings is 1. The molecule has 4 atom stereocenters. The highest BCUT2D eigenvalue weighted by Crippen LogP contribution is 2.62. The van der Waals surface area contributed by atoms with Gasteiger partial charge in [-0.15, -0.1) is 0 Å². The zero-order valence-corrected chi connectivity index (χ0v) is 14.6. The van der Waals surface area contributed by atoms with E-state index in [0.717, 1.165) is 56.9 Å². The molecule has 4 fully saturated rings. The standard InChI is InChI=1S/C19H26N4O/c1-19(2)15-11-23(12-16(15)19)18(24)22-9-13-7-21(8-14(13)10-22)17-5-3-4-6-20-17/h3-6,13-16H,7-12H2,1-2H3/t13-,14+,15-,16+. The summed E-state index contributed by atoms with van der Waals surface area (Å²) in [6.07, 6.45) is 1.86. The third kappa shape index (κ3) is 2.06. The van der Waals surface area contributed by atoms with Gasteiger partial charge in [0.15, 0.2) is 0 Å². The van der Waals surface area contributed by atoms with Crippen LogP contribution in [0.1, 0.15) is 13.8 Å². The fourth-order valence-electron chi connectivity index (χ4n) is 5.37. The van der Waals surface area contributed by atoms with Crippen LogP contribution in [0.5, 0.6) is 0 Å². The van der Waals surface area contributed by atoms with E-state index in [1.807, 2.05) is 18.3 Å². The van der Waals surface area contributed by atoms with Gasteiger partial charge in [-0.2, -0.15) is 0 Å². The number of pyridine rings is 1. The molecule has 5 nitrogen and oxygen atoms in total. The van der Waals surface area contributed by atoms with Gasteiger partial charge in [0, 0.05) is 57.3 Å². The van der Waals surface area contributed by atoms with Crippen LogP contribution in [0.2, 0.25) is 0 Å². The van der Waals surface area contributed by atoms with Gasteiger partial charge in [-0.3, -0.25) is 0 Å². The number of carbonyl (C=O) groups excluding carboxylic acids is 1. The van der Waals surface area contributed by atoms with Gasteiger partial charge in [0.1, 0.15) is 5.82 Å². The first-order valence-corrected chi connectivity index (χ1v) is 9.24. The van der Waals surface area contributed by atoms with Crippen molar-refractivity contribution < 1.29 is 4.79 Å². The molecule has 2 amide bonds. The van der Waals surface area contributed by atoms with Gasteiger partial charge in [-0.05, 0) is 29.4 Å². The number of aromatic nitrogens is 1. The fraction of sp³-hybridized carbons (Fsp3) is 0.684. The minimum atomic E-state index is 0.289. The zero-order valence-electron chi connectivity index (χ0n) is 14.6. The van der Waals surface area contributed by atoms with E-state index in [-0.39, 0.29) is 6.03 Å². The molecule has 0 aromatic carbocycles. The second-order valence-corrected chi connectivity index (χ2v) is 8.74. The molecule has 3 aliphatic heterocycles. The Morgan fingerprint density at radius 3 is 2.21 bits per heavy atom. The van der Waals surface area contributed by atoms with E-state index in [4.69, 9.17) is 0 Å². The summed E-state index contributed by atoms with van der Waals surface area (Å²) >= 11 is 0. The van der Waals surface area contributed by atoms with Crippen LogP contribution >= 0.6 is 0 Å². The summed E-state index contributed by atoms with van der Waals surface area (Å²) in [7, 11) is 0. The Hall–Kier alpha value is -1.78. The normalized spacial score (nSPS) is 36.0. The predicted octanol–water partition coefficient (Wildman–Crippen LogP) is 2.16. The Balaban J connectivity index is 1.19. The number of fused-ring (bicyclic) bond motifs is 2. The molecule has 5 heteroatoms. The lowest BCUT2D eigenvalue weighted by Crippen LogP contribution is -2.44. The smallest absolute Gasteiger partial charge is 0.320 e.